The van der Waals surface area contributed by atoms with Crippen LogP contribution in [0.3, 0.4) is 0 Å². The van der Waals surface area contributed by atoms with E-state index in [0.717, 1.165) is 11.3 Å². The Bertz CT molecular complexity index is 542. The van der Waals surface area contributed by atoms with Gasteiger partial charge in [0.15, 0.2) is 5.65 Å². The smallest absolute Gasteiger partial charge is 0.178 e. The van der Waals surface area contributed by atoms with Gasteiger partial charge in [-0.1, -0.05) is 13.8 Å². The van der Waals surface area contributed by atoms with Crippen molar-refractivity contribution in [2.45, 2.75) is 26.4 Å². The van der Waals surface area contributed by atoms with E-state index in [4.69, 9.17) is 11.1 Å². The Balaban J connectivity index is 2.36. The number of nitrogens with two attached hydrogens (primary N) is 1. The molecule has 2 rings (SSSR count). The summed E-state index contributed by atoms with van der Waals surface area (Å²) in [7, 11) is 0. The number of imidazole rings is 1. The lowest BCUT2D eigenvalue weighted by Gasteiger charge is -2.04. The van der Waals surface area contributed by atoms with E-state index < -0.39 is 0 Å². The normalized spacial score (nSPS) is 11.2. The van der Waals surface area contributed by atoms with Crippen LogP contribution in [0, 0.1) is 5.41 Å². The zero-order chi connectivity index (χ0) is 12.4. The molecule has 0 aliphatic rings. The number of pyridine rings is 1. The summed E-state index contributed by atoms with van der Waals surface area (Å²) in [6, 6.07) is 2.10. The second-order valence-electron chi connectivity index (χ2n) is 4.19. The molecule has 0 saturated carbocycles. The van der Waals surface area contributed by atoms with Crippen LogP contribution in [-0.2, 0) is 6.54 Å². The van der Waals surface area contributed by atoms with Gasteiger partial charge in [-0.15, -0.1) is 0 Å². The van der Waals surface area contributed by atoms with Crippen molar-refractivity contribution in [3.05, 3.63) is 23.7 Å². The van der Waals surface area contributed by atoms with Crippen LogP contribution in [0.25, 0.3) is 11.2 Å². The molecule has 2 aromatic rings. The molecule has 0 spiro atoms. The maximum Gasteiger partial charge on any atom is 0.178 e. The molecule has 0 unspecified atom stereocenters. The van der Waals surface area contributed by atoms with Crippen LogP contribution >= 0.6 is 0 Å². The Morgan fingerprint density at radius 3 is 3.00 bits per heavy atom. The SMILES string of the molecule is CC(C)NCc1nc2nccc(C(=N)N)c2[nH]1. The first-order chi connectivity index (χ1) is 8.08. The zero-order valence-electron chi connectivity index (χ0n) is 9.91. The number of nitrogens with one attached hydrogen (secondary N) is 3. The molecule has 0 saturated heterocycles. The summed E-state index contributed by atoms with van der Waals surface area (Å²) in [4.78, 5) is 11.6. The number of nitrogen functional groups attached to an aromatic ring is 1. The second kappa shape index (κ2) is 4.50. The van der Waals surface area contributed by atoms with Gasteiger partial charge in [-0.3, -0.25) is 5.41 Å². The first-order valence-electron chi connectivity index (χ1n) is 5.49. The molecule has 0 aliphatic heterocycles. The third-order valence-electron chi connectivity index (χ3n) is 2.41. The van der Waals surface area contributed by atoms with Crippen molar-refractivity contribution in [3.8, 4) is 0 Å². The second-order valence-corrected chi connectivity index (χ2v) is 4.19. The van der Waals surface area contributed by atoms with E-state index in [-0.39, 0.29) is 5.84 Å². The minimum atomic E-state index is 0.0180. The largest absolute Gasteiger partial charge is 0.384 e. The van der Waals surface area contributed by atoms with Crippen molar-refractivity contribution in [1.29, 1.82) is 5.41 Å². The molecular weight excluding hydrogens is 216 g/mol. The first-order valence-corrected chi connectivity index (χ1v) is 5.49. The Labute approximate surface area is 99.2 Å². The van der Waals surface area contributed by atoms with Gasteiger partial charge in [-0.2, -0.15) is 0 Å². The van der Waals surface area contributed by atoms with Gasteiger partial charge in [0.1, 0.15) is 11.7 Å². The Morgan fingerprint density at radius 1 is 1.59 bits per heavy atom. The summed E-state index contributed by atoms with van der Waals surface area (Å²) in [5.74, 6) is 0.819. The Morgan fingerprint density at radius 2 is 2.35 bits per heavy atom. The van der Waals surface area contributed by atoms with Crippen molar-refractivity contribution in [2.75, 3.05) is 0 Å². The number of rotatable bonds is 4. The number of fused-ring (bicyclic) bond motifs is 1. The van der Waals surface area contributed by atoms with E-state index in [1.807, 2.05) is 0 Å². The lowest BCUT2D eigenvalue weighted by atomic mass is 10.2. The fraction of sp³-hybridized carbons (Fsp3) is 0.364. The topological polar surface area (TPSA) is 103 Å². The maximum atomic E-state index is 7.48. The van der Waals surface area contributed by atoms with Crippen molar-refractivity contribution in [1.82, 2.24) is 20.3 Å². The van der Waals surface area contributed by atoms with E-state index in [2.05, 4.69) is 34.1 Å². The molecular formula is C11H16N6. The predicted molar refractivity (Wildman–Crippen MR) is 66.9 cm³/mol. The van der Waals surface area contributed by atoms with Crippen molar-refractivity contribution in [3.63, 3.8) is 0 Å². The van der Waals surface area contributed by atoms with E-state index in [9.17, 15) is 0 Å². The molecule has 6 nitrogen and oxygen atoms in total. The number of aromatic nitrogens is 3. The van der Waals surface area contributed by atoms with E-state index in [1.54, 1.807) is 12.3 Å². The summed E-state index contributed by atoms with van der Waals surface area (Å²) in [6.07, 6.45) is 1.61. The van der Waals surface area contributed by atoms with Crippen molar-refractivity contribution >= 4 is 17.0 Å². The summed E-state index contributed by atoms with van der Waals surface area (Å²) < 4.78 is 0. The zero-order valence-corrected chi connectivity index (χ0v) is 9.91. The molecule has 5 N–H and O–H groups in total. The standard InChI is InChI=1S/C11H16N6/c1-6(2)15-5-8-16-9-7(10(12)13)3-4-14-11(9)17-8/h3-4,6,15H,5H2,1-2H3,(H3,12,13)(H,14,16,17). The highest BCUT2D eigenvalue weighted by atomic mass is 15.0. The molecule has 0 aromatic carbocycles. The van der Waals surface area contributed by atoms with Gasteiger partial charge in [0, 0.05) is 17.8 Å². The molecule has 0 bridgehead atoms. The van der Waals surface area contributed by atoms with Crippen molar-refractivity contribution < 1.29 is 0 Å². The minimum Gasteiger partial charge on any atom is -0.384 e. The number of aromatic amines is 1. The average molecular weight is 232 g/mol. The summed E-state index contributed by atoms with van der Waals surface area (Å²) in [5, 5.41) is 10.7. The minimum absolute atomic E-state index is 0.0180. The lowest BCUT2D eigenvalue weighted by molar-refractivity contribution is 0.576. The molecule has 0 aliphatic carbocycles. The van der Waals surface area contributed by atoms with Crippen molar-refractivity contribution in [2.24, 2.45) is 5.73 Å². The highest BCUT2D eigenvalue weighted by Crippen LogP contribution is 2.13. The van der Waals surface area contributed by atoms with Crippen LogP contribution in [0.1, 0.15) is 25.2 Å². The summed E-state index contributed by atoms with van der Waals surface area (Å²) >= 11 is 0. The molecule has 6 heteroatoms. The maximum absolute atomic E-state index is 7.48. The summed E-state index contributed by atoms with van der Waals surface area (Å²) in [5.41, 5.74) is 7.46. The molecule has 0 amide bonds. The van der Waals surface area contributed by atoms with Gasteiger partial charge in [0.05, 0.1) is 12.1 Å². The van der Waals surface area contributed by atoms with Crippen LogP contribution in [0.5, 0.6) is 0 Å². The van der Waals surface area contributed by atoms with Gasteiger partial charge in [-0.25, -0.2) is 9.97 Å². The van der Waals surface area contributed by atoms with Gasteiger partial charge in [0.25, 0.3) is 0 Å². The van der Waals surface area contributed by atoms with Gasteiger partial charge in [0.2, 0.25) is 0 Å². The fourth-order valence-electron chi connectivity index (χ4n) is 1.57. The third-order valence-corrected chi connectivity index (χ3v) is 2.41. The van der Waals surface area contributed by atoms with Crippen LogP contribution in [-0.4, -0.2) is 26.8 Å². The third kappa shape index (κ3) is 2.42. The number of hydrogen-bond acceptors (Lipinski definition) is 4. The molecule has 90 valence electrons. The first kappa shape index (κ1) is 11.5. The van der Waals surface area contributed by atoms with Crippen LogP contribution in [0.2, 0.25) is 0 Å². The summed E-state index contributed by atoms with van der Waals surface area (Å²) in [6.45, 7) is 4.79. The molecule has 0 atom stereocenters. The number of nitrogens with zero attached hydrogens (tertiary/aromatic N) is 2. The van der Waals surface area contributed by atoms with Gasteiger partial charge < -0.3 is 16.0 Å². The molecule has 2 aromatic heterocycles. The van der Waals surface area contributed by atoms with E-state index >= 15 is 0 Å². The highest BCUT2D eigenvalue weighted by Gasteiger charge is 2.09. The van der Waals surface area contributed by atoms with Gasteiger partial charge >= 0.3 is 0 Å². The quantitative estimate of drug-likeness (QED) is 0.461. The molecule has 0 fully saturated rings. The monoisotopic (exact) mass is 232 g/mol. The Hall–Kier alpha value is -1.95. The predicted octanol–water partition coefficient (Wildman–Crippen LogP) is 0.740. The molecule has 2 heterocycles. The van der Waals surface area contributed by atoms with Crippen LogP contribution in [0.15, 0.2) is 12.3 Å². The number of hydrogen-bond donors (Lipinski definition) is 4. The van der Waals surface area contributed by atoms with Crippen LogP contribution < -0.4 is 11.1 Å². The fourth-order valence-corrected chi connectivity index (χ4v) is 1.57. The lowest BCUT2D eigenvalue weighted by Crippen LogP contribution is -2.22. The average Bonchev–Trinajstić information content (AvgIpc) is 2.68. The van der Waals surface area contributed by atoms with Crippen LogP contribution in [0.4, 0.5) is 0 Å². The van der Waals surface area contributed by atoms with Gasteiger partial charge in [-0.05, 0) is 6.07 Å². The highest BCUT2D eigenvalue weighted by molar-refractivity contribution is 6.04. The Kier molecular flexibility index (Phi) is 3.06. The number of H-pyrrole nitrogens is 1. The van der Waals surface area contributed by atoms with E-state index in [1.165, 1.54) is 0 Å². The number of amidine groups is 1. The van der Waals surface area contributed by atoms with E-state index in [0.29, 0.717) is 23.8 Å². The molecule has 17 heavy (non-hydrogen) atoms. The molecule has 0 radical (unpaired) electrons.